The maximum absolute atomic E-state index is 12.7. The summed E-state index contributed by atoms with van der Waals surface area (Å²) in [5.41, 5.74) is 0.600. The predicted molar refractivity (Wildman–Crippen MR) is 58.9 cm³/mol. The van der Waals surface area contributed by atoms with Crippen molar-refractivity contribution in [1.82, 2.24) is 4.98 Å². The van der Waals surface area contributed by atoms with E-state index in [4.69, 9.17) is 0 Å². The van der Waals surface area contributed by atoms with Gasteiger partial charge in [0, 0.05) is 0 Å². The fourth-order valence-electron chi connectivity index (χ4n) is 1.11. The average molecular weight is 549 g/mol. The Hall–Kier alpha value is 0.686. The molecule has 0 fully saturated rings. The second kappa shape index (κ2) is 5.68. The van der Waals surface area contributed by atoms with Gasteiger partial charge in [0.15, 0.2) is 0 Å². The van der Waals surface area contributed by atoms with Gasteiger partial charge in [-0.15, -0.1) is 0 Å². The zero-order valence-electron chi connectivity index (χ0n) is 6.64. The molecule has 0 saturated heterocycles. The number of alkyl halides is 1. The summed E-state index contributed by atoms with van der Waals surface area (Å²) >= 11 is 7.20. The molecule has 0 amide bonds. The molecule has 2 rings (SSSR count). The number of halogens is 3. The zero-order chi connectivity index (χ0) is 10.7. The second-order valence-electron chi connectivity index (χ2n) is 2.51. The van der Waals surface area contributed by atoms with Crippen molar-refractivity contribution in [2.75, 3.05) is 0 Å². The van der Waals surface area contributed by atoms with Crippen molar-refractivity contribution in [1.29, 1.82) is 0 Å². The summed E-state index contributed by atoms with van der Waals surface area (Å²) in [5.74, 6) is -0.00623. The van der Waals surface area contributed by atoms with Crippen LogP contribution in [0, 0.1) is 5.82 Å². The Balaban J connectivity index is 0.000000461. The van der Waals surface area contributed by atoms with Crippen LogP contribution in [0.4, 0.5) is 10.2 Å². The van der Waals surface area contributed by atoms with Gasteiger partial charge in [0.25, 0.3) is 0 Å². The molecule has 7 heteroatoms. The van der Waals surface area contributed by atoms with Gasteiger partial charge in [-0.1, -0.05) is 21.7 Å². The predicted octanol–water partition coefficient (Wildman–Crippen LogP) is 2.88. The molecule has 1 N–H and O–H groups in total. The molecular weight excluding hydrogens is 544 g/mol. The molecule has 1 aliphatic heterocycles. The van der Waals surface area contributed by atoms with Gasteiger partial charge in [-0.05, 0) is 17.8 Å². The van der Waals surface area contributed by atoms with Crippen LogP contribution in [0.5, 0.6) is 0 Å². The van der Waals surface area contributed by atoms with E-state index >= 15 is 0 Å². The van der Waals surface area contributed by atoms with Crippen LogP contribution < -0.4 is 0 Å². The number of rotatable bonds is 0. The van der Waals surface area contributed by atoms with E-state index in [1.54, 1.807) is 0 Å². The number of fused-ring (bicyclic) bond motifs is 1. The number of aromatic nitrogens is 1. The van der Waals surface area contributed by atoms with Crippen LogP contribution in [0.15, 0.2) is 12.3 Å². The Morgan fingerprint density at radius 2 is 2.29 bits per heavy atom. The summed E-state index contributed by atoms with van der Waals surface area (Å²) in [6.07, 6.45) is 0.231. The number of aliphatic hydroxyl groups is 1. The number of aliphatic hydroxyl groups excluding tert-OH is 1. The van der Waals surface area contributed by atoms with Gasteiger partial charge < -0.3 is 15.4 Å². The zero-order valence-corrected chi connectivity index (χ0v) is 12.9. The first-order valence-corrected chi connectivity index (χ1v) is 11.6. The summed E-state index contributed by atoms with van der Waals surface area (Å²) < 4.78 is 12.7. The number of nitrogens with zero attached hydrogens (tertiary/aromatic N) is 2. The van der Waals surface area contributed by atoms with Crippen molar-refractivity contribution in [2.45, 2.75) is 11.1 Å². The van der Waals surface area contributed by atoms with E-state index in [1.807, 2.05) is 15.1 Å². The SMILES string of the molecule is OC1[N-]c2ncc(F)cc2C1Br.[I][Os]. The van der Waals surface area contributed by atoms with Crippen molar-refractivity contribution < 1.29 is 24.5 Å². The van der Waals surface area contributed by atoms with Gasteiger partial charge in [0.05, 0.1) is 11.1 Å². The Morgan fingerprint density at radius 1 is 1.64 bits per heavy atom. The average Bonchev–Trinajstić information content (AvgIpc) is 2.48. The van der Waals surface area contributed by atoms with Crippen molar-refractivity contribution in [2.24, 2.45) is 0 Å². The molecule has 1 aromatic rings. The molecule has 0 spiro atoms. The first-order chi connectivity index (χ1) is 6.68. The number of pyridine rings is 1. The summed E-state index contributed by atoms with van der Waals surface area (Å²) in [7, 11) is 0. The fraction of sp³-hybridized carbons (Fsp3) is 0.286. The molecule has 2 heterocycles. The Kier molecular flexibility index (Phi) is 5.18. The Morgan fingerprint density at radius 3 is 2.93 bits per heavy atom. The molecule has 0 aromatic carbocycles. The standard InChI is InChI=1S/C7H5BrFN2O.HI.Os/c8-5-4-1-3(9)2-10-6(4)11-7(5)12;;/h1-2,5,7,12H;1H;/q-1;;+1/p-1. The molecule has 0 aliphatic carbocycles. The van der Waals surface area contributed by atoms with Gasteiger partial charge in [-0.3, -0.25) is 0 Å². The minimum absolute atomic E-state index is 0.337. The number of hydrogen-bond donors (Lipinski definition) is 1. The monoisotopic (exact) mass is 550 g/mol. The molecule has 0 radical (unpaired) electrons. The fourth-order valence-corrected chi connectivity index (χ4v) is 1.56. The molecular formula is C7H5BrFIN2OOs-. The maximum atomic E-state index is 12.7. The third-order valence-corrected chi connectivity index (χ3v) is 2.64. The first kappa shape index (κ1) is 12.8. The molecule has 1 aromatic heterocycles. The third-order valence-electron chi connectivity index (χ3n) is 1.68. The van der Waals surface area contributed by atoms with Gasteiger partial charge in [0.1, 0.15) is 5.82 Å². The number of hydrogen-bond acceptors (Lipinski definition) is 2. The van der Waals surface area contributed by atoms with E-state index in [0.717, 1.165) is 6.20 Å². The van der Waals surface area contributed by atoms with Crippen LogP contribution >= 0.6 is 35.6 Å². The molecule has 0 bridgehead atoms. The summed E-state index contributed by atoms with van der Waals surface area (Å²) in [5, 5.41) is 13.0. The van der Waals surface area contributed by atoms with Crippen LogP contribution in [0.2, 0.25) is 0 Å². The Bertz CT molecular complexity index is 331. The molecule has 3 nitrogen and oxygen atoms in total. The van der Waals surface area contributed by atoms with Crippen LogP contribution in [0.3, 0.4) is 0 Å². The van der Waals surface area contributed by atoms with Gasteiger partial charge in [-0.2, -0.15) is 0 Å². The van der Waals surface area contributed by atoms with Crippen molar-refractivity contribution in [3.63, 3.8) is 0 Å². The first-order valence-electron chi connectivity index (χ1n) is 3.50. The molecule has 1 aliphatic rings. The van der Waals surface area contributed by atoms with E-state index in [-0.39, 0.29) is 4.83 Å². The van der Waals surface area contributed by atoms with Crippen LogP contribution in [-0.4, -0.2) is 16.3 Å². The van der Waals surface area contributed by atoms with Gasteiger partial charge >= 0.3 is 34.7 Å². The van der Waals surface area contributed by atoms with Crippen molar-refractivity contribution >= 4 is 41.4 Å². The summed E-state index contributed by atoms with van der Waals surface area (Å²) in [6.45, 7) is 0. The molecule has 0 saturated carbocycles. The van der Waals surface area contributed by atoms with Crippen molar-refractivity contribution in [3.05, 3.63) is 29.0 Å². The molecule has 14 heavy (non-hydrogen) atoms. The molecule has 79 valence electrons. The topological polar surface area (TPSA) is 47.2 Å². The van der Waals surface area contributed by atoms with E-state index < -0.39 is 12.0 Å². The van der Waals surface area contributed by atoms with Crippen LogP contribution in [0.1, 0.15) is 10.4 Å². The van der Waals surface area contributed by atoms with E-state index in [9.17, 15) is 9.50 Å². The normalized spacial score (nSPS) is 23.2. The third kappa shape index (κ3) is 2.63. The van der Waals surface area contributed by atoms with Crippen LogP contribution in [-0.2, 0) is 15.1 Å². The molecule has 2 atom stereocenters. The Labute approximate surface area is 110 Å². The minimum atomic E-state index is -0.853. The van der Waals surface area contributed by atoms with E-state index in [1.165, 1.54) is 6.07 Å². The van der Waals surface area contributed by atoms with E-state index in [2.05, 4.69) is 45.9 Å². The van der Waals surface area contributed by atoms with E-state index in [0.29, 0.717) is 11.4 Å². The van der Waals surface area contributed by atoms with Crippen LogP contribution in [0.25, 0.3) is 5.32 Å². The quantitative estimate of drug-likeness (QED) is 0.400. The summed E-state index contributed by atoms with van der Waals surface area (Å²) in [4.78, 5) is 3.39. The van der Waals surface area contributed by atoms with Gasteiger partial charge in [-0.25, -0.2) is 4.39 Å². The van der Waals surface area contributed by atoms with Crippen molar-refractivity contribution in [3.8, 4) is 0 Å². The van der Waals surface area contributed by atoms with Gasteiger partial charge in [0.2, 0.25) is 0 Å². The second-order valence-corrected chi connectivity index (χ2v) is 3.50. The molecule has 2 unspecified atom stereocenters. The summed E-state index contributed by atoms with van der Waals surface area (Å²) in [6, 6.07) is 1.32.